The van der Waals surface area contributed by atoms with Gasteiger partial charge in [0.2, 0.25) is 0 Å². The summed E-state index contributed by atoms with van der Waals surface area (Å²) in [6.07, 6.45) is 0. The van der Waals surface area contributed by atoms with Gasteiger partial charge in [-0.05, 0) is 145 Å². The Morgan fingerprint density at radius 3 is 0.726 bits per heavy atom. The van der Waals surface area contributed by atoms with Gasteiger partial charge in [0.1, 0.15) is 0 Å². The molecule has 0 nitrogen and oxygen atoms in total. The Hall–Kier alpha value is -8.06. The SMILES string of the molecule is c1ccc(-c2cccc(-c3c4ccccc4c(-c4ccc5ccc(-c6c7ccccc7c(-c7cccc(-c8ccccc8)c7)c7ccccc67)cc5c4)c4ccccc34)c2)cc1. The van der Waals surface area contributed by atoms with Gasteiger partial charge in [0.15, 0.2) is 0 Å². The molecule has 0 atom stereocenters. The second kappa shape index (κ2) is 14.9. The summed E-state index contributed by atoms with van der Waals surface area (Å²) in [6, 6.07) is 89.3. The van der Waals surface area contributed by atoms with Gasteiger partial charge in [-0.1, -0.05) is 218 Å². The number of hydrogen-bond donors (Lipinski definition) is 0. The van der Waals surface area contributed by atoms with Crippen molar-refractivity contribution in [2.24, 2.45) is 0 Å². The van der Waals surface area contributed by atoms with Crippen LogP contribution in [-0.4, -0.2) is 0 Å². The first kappa shape index (κ1) is 35.8. The van der Waals surface area contributed by atoms with E-state index < -0.39 is 0 Å². The summed E-state index contributed by atoms with van der Waals surface area (Å²) in [6.45, 7) is 0. The van der Waals surface area contributed by atoms with Crippen LogP contribution in [0, 0.1) is 0 Å². The second-order valence-electron chi connectivity index (χ2n) is 16.4. The van der Waals surface area contributed by atoms with E-state index >= 15 is 0 Å². The molecule has 12 rings (SSSR count). The maximum absolute atomic E-state index is 2.41. The molecular formula is C62H40. The normalized spacial score (nSPS) is 11.5. The first-order valence-corrected chi connectivity index (χ1v) is 21.5. The average Bonchev–Trinajstić information content (AvgIpc) is 3.35. The van der Waals surface area contributed by atoms with E-state index in [2.05, 4.69) is 243 Å². The van der Waals surface area contributed by atoms with E-state index in [1.165, 1.54) is 121 Å². The van der Waals surface area contributed by atoms with Crippen LogP contribution in [0.2, 0.25) is 0 Å². The van der Waals surface area contributed by atoms with Gasteiger partial charge >= 0.3 is 0 Å². The maximum Gasteiger partial charge on any atom is -0.00262 e. The Balaban J connectivity index is 1.04. The van der Waals surface area contributed by atoms with Crippen LogP contribution in [0.25, 0.3) is 121 Å². The van der Waals surface area contributed by atoms with Gasteiger partial charge in [0.05, 0.1) is 0 Å². The van der Waals surface area contributed by atoms with Gasteiger partial charge in [-0.3, -0.25) is 0 Å². The van der Waals surface area contributed by atoms with Gasteiger partial charge in [0, 0.05) is 0 Å². The van der Waals surface area contributed by atoms with Crippen LogP contribution in [0.5, 0.6) is 0 Å². The van der Waals surface area contributed by atoms with E-state index in [1.807, 2.05) is 0 Å². The zero-order chi connectivity index (χ0) is 41.0. The molecule has 0 saturated carbocycles. The molecule has 0 aliphatic rings. The van der Waals surface area contributed by atoms with Crippen molar-refractivity contribution in [2.75, 3.05) is 0 Å². The third-order valence-corrected chi connectivity index (χ3v) is 12.8. The molecule has 0 saturated heterocycles. The fourth-order valence-corrected chi connectivity index (χ4v) is 10.0. The summed E-state index contributed by atoms with van der Waals surface area (Å²) >= 11 is 0. The minimum Gasteiger partial charge on any atom is -0.0622 e. The quantitative estimate of drug-likeness (QED) is 0.147. The molecule has 0 bridgehead atoms. The molecular weight excluding hydrogens is 745 g/mol. The Kier molecular flexibility index (Phi) is 8.61. The van der Waals surface area contributed by atoms with E-state index in [0.717, 1.165) is 0 Å². The zero-order valence-electron chi connectivity index (χ0n) is 34.1. The number of hydrogen-bond acceptors (Lipinski definition) is 0. The standard InChI is InChI=1S/C62H40/c1-3-17-41(18-4-1)44-21-15-23-46(37-44)59-51-25-7-11-29-55(51)61(56-30-12-8-26-52(56)59)48-35-33-43-34-36-49(40-50(43)39-48)62-57-31-13-9-27-53(57)60(54-28-10-14-32-58(54)62)47-24-16-22-45(38-47)42-19-5-2-6-20-42/h1-40H. The molecule has 0 N–H and O–H groups in total. The van der Waals surface area contributed by atoms with Crippen molar-refractivity contribution >= 4 is 53.9 Å². The van der Waals surface area contributed by atoms with Gasteiger partial charge in [-0.15, -0.1) is 0 Å². The minimum atomic E-state index is 1.22. The molecule has 0 aliphatic carbocycles. The largest absolute Gasteiger partial charge is 0.0622 e. The molecule has 0 aromatic heterocycles. The summed E-state index contributed by atoms with van der Waals surface area (Å²) in [5.74, 6) is 0. The van der Waals surface area contributed by atoms with Crippen LogP contribution in [-0.2, 0) is 0 Å². The fraction of sp³-hybridized carbons (Fsp3) is 0. The van der Waals surface area contributed by atoms with Crippen LogP contribution >= 0.6 is 0 Å². The Morgan fingerprint density at radius 2 is 0.403 bits per heavy atom. The molecule has 0 aliphatic heterocycles. The van der Waals surface area contributed by atoms with Crippen molar-refractivity contribution in [2.45, 2.75) is 0 Å². The van der Waals surface area contributed by atoms with E-state index in [9.17, 15) is 0 Å². The highest BCUT2D eigenvalue weighted by molar-refractivity contribution is 6.23. The number of benzene rings is 12. The van der Waals surface area contributed by atoms with Gasteiger partial charge in [-0.25, -0.2) is 0 Å². The van der Waals surface area contributed by atoms with Crippen molar-refractivity contribution in [3.63, 3.8) is 0 Å². The average molecular weight is 785 g/mol. The smallest absolute Gasteiger partial charge is 0.00262 e. The highest BCUT2D eigenvalue weighted by Crippen LogP contribution is 2.47. The molecule has 0 fully saturated rings. The lowest BCUT2D eigenvalue weighted by Crippen LogP contribution is -1.92. The molecule has 0 heteroatoms. The fourth-order valence-electron chi connectivity index (χ4n) is 10.0. The highest BCUT2D eigenvalue weighted by atomic mass is 14.2. The van der Waals surface area contributed by atoms with Crippen LogP contribution in [0.4, 0.5) is 0 Å². The molecule has 288 valence electrons. The van der Waals surface area contributed by atoms with Gasteiger partial charge < -0.3 is 0 Å². The lowest BCUT2D eigenvalue weighted by molar-refractivity contribution is 1.61. The van der Waals surface area contributed by atoms with Crippen molar-refractivity contribution < 1.29 is 0 Å². The maximum atomic E-state index is 2.41. The Bertz CT molecular complexity index is 3320. The molecule has 0 amide bonds. The molecule has 12 aromatic carbocycles. The molecule has 0 heterocycles. The van der Waals surface area contributed by atoms with E-state index in [-0.39, 0.29) is 0 Å². The zero-order valence-corrected chi connectivity index (χ0v) is 34.1. The van der Waals surface area contributed by atoms with Crippen molar-refractivity contribution in [3.05, 3.63) is 243 Å². The predicted octanol–water partition coefficient (Wildman–Crippen LogP) is 17.5. The lowest BCUT2D eigenvalue weighted by atomic mass is 9.84. The van der Waals surface area contributed by atoms with Crippen molar-refractivity contribution in [1.29, 1.82) is 0 Å². The summed E-state index contributed by atoms with van der Waals surface area (Å²) in [5.41, 5.74) is 14.9. The van der Waals surface area contributed by atoms with Crippen LogP contribution < -0.4 is 0 Å². The van der Waals surface area contributed by atoms with Crippen molar-refractivity contribution in [1.82, 2.24) is 0 Å². The first-order valence-electron chi connectivity index (χ1n) is 21.5. The summed E-state index contributed by atoms with van der Waals surface area (Å²) < 4.78 is 0. The molecule has 62 heavy (non-hydrogen) atoms. The van der Waals surface area contributed by atoms with Gasteiger partial charge in [-0.2, -0.15) is 0 Å². The van der Waals surface area contributed by atoms with Crippen molar-refractivity contribution in [3.8, 4) is 66.8 Å². The minimum absolute atomic E-state index is 1.22. The topological polar surface area (TPSA) is 0 Å². The number of fused-ring (bicyclic) bond motifs is 5. The molecule has 12 aromatic rings. The van der Waals surface area contributed by atoms with Crippen LogP contribution in [0.3, 0.4) is 0 Å². The van der Waals surface area contributed by atoms with E-state index in [4.69, 9.17) is 0 Å². The second-order valence-corrected chi connectivity index (χ2v) is 16.4. The lowest BCUT2D eigenvalue weighted by Gasteiger charge is -2.19. The highest BCUT2D eigenvalue weighted by Gasteiger charge is 2.20. The molecule has 0 radical (unpaired) electrons. The van der Waals surface area contributed by atoms with E-state index in [1.54, 1.807) is 0 Å². The summed E-state index contributed by atoms with van der Waals surface area (Å²) in [5, 5.41) is 12.5. The van der Waals surface area contributed by atoms with Crippen LogP contribution in [0.15, 0.2) is 243 Å². The third kappa shape index (κ3) is 5.99. The summed E-state index contributed by atoms with van der Waals surface area (Å²) in [7, 11) is 0. The van der Waals surface area contributed by atoms with Gasteiger partial charge in [0.25, 0.3) is 0 Å². The monoisotopic (exact) mass is 784 g/mol. The Labute approximate surface area is 361 Å². The molecule has 0 spiro atoms. The summed E-state index contributed by atoms with van der Waals surface area (Å²) in [4.78, 5) is 0. The third-order valence-electron chi connectivity index (χ3n) is 12.8. The predicted molar refractivity (Wildman–Crippen MR) is 267 cm³/mol. The Morgan fingerprint density at radius 1 is 0.145 bits per heavy atom. The number of rotatable bonds is 6. The van der Waals surface area contributed by atoms with E-state index in [0.29, 0.717) is 0 Å². The molecule has 0 unspecified atom stereocenters. The first-order chi connectivity index (χ1) is 30.8. The van der Waals surface area contributed by atoms with Crippen LogP contribution in [0.1, 0.15) is 0 Å².